The first-order chi connectivity index (χ1) is 16.2. The summed E-state index contributed by atoms with van der Waals surface area (Å²) < 4.78 is 20.6. The number of allylic oxidation sites excluding steroid dienone is 1. The van der Waals surface area contributed by atoms with Gasteiger partial charge in [0.1, 0.15) is 5.75 Å². The molecule has 0 fully saturated rings. The minimum absolute atomic E-state index is 0.133. The van der Waals surface area contributed by atoms with Gasteiger partial charge in [0.15, 0.2) is 11.6 Å². The van der Waals surface area contributed by atoms with E-state index >= 15 is 0 Å². The lowest BCUT2D eigenvalue weighted by molar-refractivity contribution is -0.107. The summed E-state index contributed by atoms with van der Waals surface area (Å²) in [5.41, 5.74) is 3.90. The Hall–Kier alpha value is -4.12. The largest absolute Gasteiger partial charge is 0.496 e. The van der Waals surface area contributed by atoms with Gasteiger partial charge in [0.05, 0.1) is 35.8 Å². The molecule has 0 saturated heterocycles. The highest BCUT2D eigenvalue weighted by Gasteiger charge is 2.22. The van der Waals surface area contributed by atoms with Crippen molar-refractivity contribution in [2.24, 2.45) is 0 Å². The minimum Gasteiger partial charge on any atom is -0.496 e. The summed E-state index contributed by atoms with van der Waals surface area (Å²) >= 11 is 0. The third kappa shape index (κ3) is 4.79. The molecular weight excluding hydrogens is 433 g/mol. The SMILES string of the molecule is CC#C/C(=C\N(C)C)c1cc2c(N(C)c3ncc(C)cc3F)c(N(C)C=O)cnc2cc1OC. The van der Waals surface area contributed by atoms with Crippen LogP contribution in [-0.4, -0.2) is 56.6 Å². The number of methoxy groups -OCH3 is 1. The monoisotopic (exact) mass is 461 g/mol. The zero-order valence-electron chi connectivity index (χ0n) is 20.5. The third-order valence-electron chi connectivity index (χ3n) is 5.23. The molecule has 1 amide bonds. The maximum Gasteiger partial charge on any atom is 0.213 e. The summed E-state index contributed by atoms with van der Waals surface area (Å²) in [6, 6.07) is 5.14. The molecule has 2 aromatic heterocycles. The summed E-state index contributed by atoms with van der Waals surface area (Å²) in [6.07, 6.45) is 5.77. The number of anilines is 3. The molecule has 34 heavy (non-hydrogen) atoms. The molecule has 3 aromatic rings. The molecule has 2 heterocycles. The molecule has 0 bridgehead atoms. The lowest BCUT2D eigenvalue weighted by atomic mass is 10.0. The Morgan fingerprint density at radius 1 is 1.12 bits per heavy atom. The van der Waals surface area contributed by atoms with Crippen molar-refractivity contribution in [2.45, 2.75) is 13.8 Å². The van der Waals surface area contributed by atoms with Crippen molar-refractivity contribution in [2.75, 3.05) is 45.1 Å². The Morgan fingerprint density at radius 2 is 1.85 bits per heavy atom. The van der Waals surface area contributed by atoms with Gasteiger partial charge in [0.25, 0.3) is 0 Å². The molecule has 1 aromatic carbocycles. The summed E-state index contributed by atoms with van der Waals surface area (Å²) in [5.74, 6) is 6.34. The van der Waals surface area contributed by atoms with Crippen molar-refractivity contribution in [1.82, 2.24) is 14.9 Å². The molecule has 0 N–H and O–H groups in total. The van der Waals surface area contributed by atoms with Gasteiger partial charge in [-0.3, -0.25) is 9.78 Å². The molecule has 3 rings (SSSR count). The maximum atomic E-state index is 14.9. The second-order valence-electron chi connectivity index (χ2n) is 8.04. The molecule has 8 heteroatoms. The molecule has 0 saturated carbocycles. The van der Waals surface area contributed by atoms with Gasteiger partial charge in [0.2, 0.25) is 6.41 Å². The lowest BCUT2D eigenvalue weighted by Crippen LogP contribution is -2.21. The Balaban J connectivity index is 2.42. The van der Waals surface area contributed by atoms with E-state index in [9.17, 15) is 9.18 Å². The zero-order chi connectivity index (χ0) is 25.0. The number of carbonyl (C=O) groups excluding carboxylic acids is 1. The van der Waals surface area contributed by atoms with Gasteiger partial charge < -0.3 is 19.4 Å². The quantitative estimate of drug-likeness (QED) is 0.385. The van der Waals surface area contributed by atoms with Gasteiger partial charge >= 0.3 is 0 Å². The lowest BCUT2D eigenvalue weighted by Gasteiger charge is -2.26. The number of fused-ring (bicyclic) bond motifs is 1. The maximum absolute atomic E-state index is 14.9. The van der Waals surface area contributed by atoms with Crippen LogP contribution in [0.1, 0.15) is 18.1 Å². The van der Waals surface area contributed by atoms with Crippen LogP contribution in [0.15, 0.2) is 36.8 Å². The van der Waals surface area contributed by atoms with E-state index in [4.69, 9.17) is 4.74 Å². The van der Waals surface area contributed by atoms with Crippen LogP contribution in [0.25, 0.3) is 16.5 Å². The van der Waals surface area contributed by atoms with E-state index in [2.05, 4.69) is 21.8 Å². The predicted molar refractivity (Wildman–Crippen MR) is 135 cm³/mol. The number of hydrogen-bond acceptors (Lipinski definition) is 6. The molecule has 7 nitrogen and oxygen atoms in total. The zero-order valence-corrected chi connectivity index (χ0v) is 20.5. The number of aryl methyl sites for hydroxylation is 1. The van der Waals surface area contributed by atoms with E-state index in [1.165, 1.54) is 11.0 Å². The van der Waals surface area contributed by atoms with Crippen LogP contribution in [0.4, 0.5) is 21.6 Å². The van der Waals surface area contributed by atoms with E-state index < -0.39 is 5.82 Å². The van der Waals surface area contributed by atoms with Crippen LogP contribution >= 0.6 is 0 Å². The van der Waals surface area contributed by atoms with Crippen LogP contribution in [0.3, 0.4) is 0 Å². The molecular formula is C26H28FN5O2. The molecule has 0 atom stereocenters. The molecule has 0 aliphatic carbocycles. The Bertz CT molecular complexity index is 1320. The fourth-order valence-corrected chi connectivity index (χ4v) is 3.68. The highest BCUT2D eigenvalue weighted by molar-refractivity contribution is 6.04. The van der Waals surface area contributed by atoms with E-state index in [-0.39, 0.29) is 5.82 Å². The number of pyridine rings is 2. The van der Waals surface area contributed by atoms with E-state index in [0.29, 0.717) is 40.0 Å². The van der Waals surface area contributed by atoms with Crippen molar-refractivity contribution >= 4 is 40.1 Å². The van der Waals surface area contributed by atoms with Gasteiger partial charge in [-0.2, -0.15) is 0 Å². The average molecular weight is 462 g/mol. The second kappa shape index (κ2) is 10.2. The normalized spacial score (nSPS) is 11.0. The first-order valence-corrected chi connectivity index (χ1v) is 10.6. The molecule has 0 unspecified atom stereocenters. The Kier molecular flexibility index (Phi) is 7.37. The van der Waals surface area contributed by atoms with Crippen LogP contribution in [0.2, 0.25) is 0 Å². The van der Waals surface area contributed by atoms with Crippen LogP contribution < -0.4 is 14.5 Å². The van der Waals surface area contributed by atoms with Crippen molar-refractivity contribution in [3.63, 3.8) is 0 Å². The first-order valence-electron chi connectivity index (χ1n) is 10.6. The number of aromatic nitrogens is 2. The average Bonchev–Trinajstić information content (AvgIpc) is 2.81. The van der Waals surface area contributed by atoms with Crippen LogP contribution in [0, 0.1) is 24.6 Å². The van der Waals surface area contributed by atoms with Crippen molar-refractivity contribution in [3.8, 4) is 17.6 Å². The van der Waals surface area contributed by atoms with Gasteiger partial charge in [0, 0.05) is 57.6 Å². The van der Waals surface area contributed by atoms with Gasteiger partial charge in [-0.15, -0.1) is 5.92 Å². The van der Waals surface area contributed by atoms with E-state index in [0.717, 1.165) is 11.1 Å². The third-order valence-corrected chi connectivity index (χ3v) is 5.23. The number of hydrogen-bond donors (Lipinski definition) is 0. The fourth-order valence-electron chi connectivity index (χ4n) is 3.68. The number of ether oxygens (including phenoxy) is 1. The van der Waals surface area contributed by atoms with Gasteiger partial charge in [-0.1, -0.05) is 5.92 Å². The highest BCUT2D eigenvalue weighted by Crippen LogP contribution is 2.41. The van der Waals surface area contributed by atoms with Crippen molar-refractivity contribution in [1.29, 1.82) is 0 Å². The molecule has 0 aliphatic heterocycles. The number of halogens is 1. The minimum atomic E-state index is -0.467. The Morgan fingerprint density at radius 3 is 2.44 bits per heavy atom. The van der Waals surface area contributed by atoms with Crippen LogP contribution in [0.5, 0.6) is 5.75 Å². The van der Waals surface area contributed by atoms with Crippen molar-refractivity contribution < 1.29 is 13.9 Å². The highest BCUT2D eigenvalue weighted by atomic mass is 19.1. The summed E-state index contributed by atoms with van der Waals surface area (Å²) in [5, 5.41) is 0.689. The number of rotatable bonds is 7. The topological polar surface area (TPSA) is 61.8 Å². The smallest absolute Gasteiger partial charge is 0.213 e. The summed E-state index contributed by atoms with van der Waals surface area (Å²) in [4.78, 5) is 25.5. The number of amides is 1. The summed E-state index contributed by atoms with van der Waals surface area (Å²) in [6.45, 7) is 3.54. The number of carbonyl (C=O) groups is 1. The fraction of sp³-hybridized carbons (Fsp3) is 0.269. The second-order valence-corrected chi connectivity index (χ2v) is 8.04. The number of benzene rings is 1. The predicted octanol–water partition coefficient (Wildman–Crippen LogP) is 4.37. The summed E-state index contributed by atoms with van der Waals surface area (Å²) in [7, 11) is 8.74. The molecule has 176 valence electrons. The molecule has 0 aliphatic rings. The van der Waals surface area contributed by atoms with Gasteiger partial charge in [-0.05, 0) is 31.5 Å². The standard InChI is InChI=1S/C26H28FN5O2/c1-8-9-18(15-30(3)4)19-11-20-22(12-24(19)34-7)28-14-23(31(5)16-33)25(20)32(6)26-21(27)10-17(2)13-29-26/h10-16H,1-7H3/b18-15+. The van der Waals surface area contributed by atoms with Crippen molar-refractivity contribution in [3.05, 3.63) is 53.7 Å². The first kappa shape index (κ1) is 24.5. The molecule has 0 radical (unpaired) electrons. The van der Waals surface area contributed by atoms with E-state index in [1.807, 2.05) is 37.3 Å². The van der Waals surface area contributed by atoms with Crippen LogP contribution in [-0.2, 0) is 4.79 Å². The number of nitrogens with zero attached hydrogens (tertiary/aromatic N) is 5. The molecule has 0 spiro atoms. The van der Waals surface area contributed by atoms with E-state index in [1.54, 1.807) is 52.3 Å². The Labute approximate surface area is 199 Å². The van der Waals surface area contributed by atoms with Gasteiger partial charge in [-0.25, -0.2) is 9.37 Å².